The number of amides is 1. The maximum absolute atomic E-state index is 12.3. The van der Waals surface area contributed by atoms with E-state index >= 15 is 0 Å². The fourth-order valence-electron chi connectivity index (χ4n) is 2.33. The summed E-state index contributed by atoms with van der Waals surface area (Å²) < 4.78 is 6.39. The number of carbonyl (C=O) groups is 1. The van der Waals surface area contributed by atoms with Gasteiger partial charge in [-0.1, -0.05) is 29.1 Å². The summed E-state index contributed by atoms with van der Waals surface area (Å²) in [6.45, 7) is 3.53. The minimum atomic E-state index is -0.456. The predicted molar refractivity (Wildman–Crippen MR) is 105 cm³/mol. The molecule has 0 aliphatic rings. The van der Waals surface area contributed by atoms with Crippen molar-refractivity contribution in [2.24, 2.45) is 0 Å². The monoisotopic (exact) mass is 387 g/mol. The van der Waals surface area contributed by atoms with E-state index < -0.39 is 5.25 Å². The smallest absolute Gasteiger partial charge is 0.240 e. The van der Waals surface area contributed by atoms with E-state index in [4.69, 9.17) is 10.4 Å². The molecule has 0 saturated carbocycles. The lowest BCUT2D eigenvalue weighted by Crippen LogP contribution is -2.23. The van der Waals surface area contributed by atoms with Gasteiger partial charge in [-0.3, -0.25) is 10.1 Å². The summed E-state index contributed by atoms with van der Waals surface area (Å²) in [6.07, 6.45) is 0. The molecular weight excluding hydrogens is 366 g/mol. The molecule has 0 radical (unpaired) electrons. The molecule has 0 spiro atoms. The molecule has 0 aliphatic heterocycles. The maximum atomic E-state index is 12.3. The van der Waals surface area contributed by atoms with Gasteiger partial charge in [0, 0.05) is 31.4 Å². The van der Waals surface area contributed by atoms with Crippen LogP contribution in [0.1, 0.15) is 12.6 Å². The highest BCUT2D eigenvalue weighted by Gasteiger charge is 2.21. The first-order chi connectivity index (χ1) is 12.8. The molecule has 3 N–H and O–H groups in total. The van der Waals surface area contributed by atoms with Crippen molar-refractivity contribution in [3.05, 3.63) is 36.0 Å². The van der Waals surface area contributed by atoms with E-state index in [0.717, 1.165) is 11.3 Å². The van der Waals surface area contributed by atoms with Gasteiger partial charge in [0.15, 0.2) is 5.82 Å². The van der Waals surface area contributed by atoms with Crippen molar-refractivity contribution in [3.63, 3.8) is 0 Å². The average molecular weight is 387 g/mol. The molecule has 0 saturated heterocycles. The molecule has 2 heterocycles. The van der Waals surface area contributed by atoms with Crippen molar-refractivity contribution in [2.75, 3.05) is 30.2 Å². The van der Waals surface area contributed by atoms with Crippen molar-refractivity contribution < 1.29 is 9.32 Å². The first-order valence-corrected chi connectivity index (χ1v) is 9.12. The molecule has 1 amide bonds. The molecule has 1 atom stereocenters. The van der Waals surface area contributed by atoms with Gasteiger partial charge in [-0.2, -0.15) is 0 Å². The van der Waals surface area contributed by atoms with Crippen LogP contribution in [-0.4, -0.2) is 45.3 Å². The van der Waals surface area contributed by atoms with Gasteiger partial charge in [0.2, 0.25) is 16.9 Å². The Morgan fingerprint density at radius 3 is 2.78 bits per heavy atom. The molecule has 2 aromatic heterocycles. The lowest BCUT2D eigenvalue weighted by atomic mass is 10.2. The number of hydrogen-bond donors (Lipinski definition) is 2. The number of nitrogens with zero attached hydrogens (tertiary/aromatic N) is 5. The number of nitrogen functional groups attached to an aromatic ring is 1. The molecule has 3 rings (SSSR count). The van der Waals surface area contributed by atoms with Gasteiger partial charge in [-0.15, -0.1) is 10.2 Å². The van der Waals surface area contributed by atoms with E-state index in [2.05, 4.69) is 20.7 Å². The molecule has 0 aliphatic carbocycles. The summed E-state index contributed by atoms with van der Waals surface area (Å²) in [5.41, 5.74) is 2.56. The van der Waals surface area contributed by atoms with Gasteiger partial charge in [-0.05, 0) is 26.0 Å². The van der Waals surface area contributed by atoms with Crippen molar-refractivity contribution in [3.8, 4) is 11.4 Å². The number of anilines is 2. The minimum Gasteiger partial charge on any atom is -0.378 e. The largest absolute Gasteiger partial charge is 0.378 e. The first-order valence-electron chi connectivity index (χ1n) is 8.24. The van der Waals surface area contributed by atoms with Crippen LogP contribution < -0.4 is 16.1 Å². The second-order valence-electron chi connectivity index (χ2n) is 6.20. The van der Waals surface area contributed by atoms with Crippen LogP contribution in [0.3, 0.4) is 0 Å². The van der Waals surface area contributed by atoms with E-state index in [-0.39, 0.29) is 5.91 Å². The molecule has 142 valence electrons. The Morgan fingerprint density at radius 1 is 1.33 bits per heavy atom. The van der Waals surface area contributed by atoms with Gasteiger partial charge in [0.05, 0.1) is 10.9 Å². The van der Waals surface area contributed by atoms with Crippen LogP contribution in [0.5, 0.6) is 0 Å². The quantitative estimate of drug-likeness (QED) is 0.488. The van der Waals surface area contributed by atoms with Crippen LogP contribution in [0.15, 0.2) is 40.0 Å². The number of nitrogens with two attached hydrogens (primary N) is 1. The Bertz CT molecular complexity index is 950. The number of hydrogen-bond acceptors (Lipinski definition) is 8. The Kier molecular flexibility index (Phi) is 5.36. The van der Waals surface area contributed by atoms with Gasteiger partial charge in [-0.25, -0.2) is 4.68 Å². The second-order valence-corrected chi connectivity index (χ2v) is 7.51. The second kappa shape index (κ2) is 7.70. The summed E-state index contributed by atoms with van der Waals surface area (Å²) in [6, 6.07) is 9.47. The molecule has 10 heteroatoms. The third kappa shape index (κ3) is 4.22. The Labute approximate surface area is 160 Å². The van der Waals surface area contributed by atoms with E-state index in [1.807, 2.05) is 43.3 Å². The summed E-state index contributed by atoms with van der Waals surface area (Å²) in [4.78, 5) is 14.3. The normalized spacial score (nSPS) is 12.0. The number of aromatic nitrogens is 4. The zero-order valence-electron chi connectivity index (χ0n) is 15.5. The maximum Gasteiger partial charge on any atom is 0.240 e. The summed E-state index contributed by atoms with van der Waals surface area (Å²) >= 11 is 1.21. The van der Waals surface area contributed by atoms with E-state index in [0.29, 0.717) is 22.6 Å². The lowest BCUT2D eigenvalue weighted by Gasteiger charge is -2.13. The topological polar surface area (TPSA) is 115 Å². The number of carbonyl (C=O) groups excluding carboxylic acids is 1. The summed E-state index contributed by atoms with van der Waals surface area (Å²) in [5.74, 6) is 6.76. The highest BCUT2D eigenvalue weighted by atomic mass is 32.2. The number of thioether (sulfide) groups is 1. The third-order valence-electron chi connectivity index (χ3n) is 3.81. The van der Waals surface area contributed by atoms with E-state index in [1.54, 1.807) is 19.9 Å². The molecular formula is C17H21N7O2S. The van der Waals surface area contributed by atoms with Crippen molar-refractivity contribution in [1.82, 2.24) is 20.0 Å². The van der Waals surface area contributed by atoms with Gasteiger partial charge in [0.25, 0.3) is 0 Å². The standard InChI is InChI=1S/C17H21N7O2S/c1-10-8-14(26-22-10)19-16(25)11(2)27-17-21-20-15(24(17)18)12-6-5-7-13(9-12)23(3)4/h5-9,11H,18H2,1-4H3,(H,19,25). The number of rotatable bonds is 6. The van der Waals surface area contributed by atoms with Crippen molar-refractivity contribution in [1.29, 1.82) is 0 Å². The number of aryl methyl sites for hydroxylation is 1. The van der Waals surface area contributed by atoms with Gasteiger partial charge >= 0.3 is 0 Å². The van der Waals surface area contributed by atoms with E-state index in [9.17, 15) is 4.79 Å². The van der Waals surface area contributed by atoms with Crippen LogP contribution in [0, 0.1) is 6.92 Å². The van der Waals surface area contributed by atoms with Gasteiger partial charge < -0.3 is 15.3 Å². The summed E-state index contributed by atoms with van der Waals surface area (Å²) in [7, 11) is 3.92. The SMILES string of the molecule is Cc1cc(NC(=O)C(C)Sc2nnc(-c3cccc(N(C)C)c3)n2N)on1. The Hall–Kier alpha value is -3.01. The minimum absolute atomic E-state index is 0.240. The Balaban J connectivity index is 1.73. The third-order valence-corrected chi connectivity index (χ3v) is 4.87. The van der Waals surface area contributed by atoms with Crippen LogP contribution in [0.2, 0.25) is 0 Å². The molecule has 27 heavy (non-hydrogen) atoms. The molecule has 9 nitrogen and oxygen atoms in total. The summed E-state index contributed by atoms with van der Waals surface area (Å²) in [5, 5.41) is 14.7. The highest BCUT2D eigenvalue weighted by molar-refractivity contribution is 8.00. The van der Waals surface area contributed by atoms with Crippen LogP contribution >= 0.6 is 11.8 Å². The zero-order valence-corrected chi connectivity index (χ0v) is 16.3. The number of nitrogens with one attached hydrogen (secondary N) is 1. The van der Waals surface area contributed by atoms with Crippen LogP contribution in [0.25, 0.3) is 11.4 Å². The molecule has 1 aromatic carbocycles. The molecule has 0 fully saturated rings. The fraction of sp³-hybridized carbons (Fsp3) is 0.294. The van der Waals surface area contributed by atoms with Crippen LogP contribution in [0.4, 0.5) is 11.6 Å². The molecule has 0 bridgehead atoms. The average Bonchev–Trinajstić information content (AvgIpc) is 3.21. The predicted octanol–water partition coefficient (Wildman–Crippen LogP) is 2.14. The Morgan fingerprint density at radius 2 is 2.11 bits per heavy atom. The van der Waals surface area contributed by atoms with Crippen molar-refractivity contribution in [2.45, 2.75) is 24.3 Å². The molecule has 3 aromatic rings. The fourth-order valence-corrected chi connectivity index (χ4v) is 3.10. The number of benzene rings is 1. The zero-order chi connectivity index (χ0) is 19.6. The van der Waals surface area contributed by atoms with Crippen LogP contribution in [-0.2, 0) is 4.79 Å². The van der Waals surface area contributed by atoms with Gasteiger partial charge in [0.1, 0.15) is 0 Å². The lowest BCUT2D eigenvalue weighted by molar-refractivity contribution is -0.115. The molecule has 1 unspecified atom stereocenters. The first kappa shape index (κ1) is 18.8. The van der Waals surface area contributed by atoms with Crippen molar-refractivity contribution >= 4 is 29.2 Å². The van der Waals surface area contributed by atoms with E-state index in [1.165, 1.54) is 16.4 Å². The highest BCUT2D eigenvalue weighted by Crippen LogP contribution is 2.27.